The summed E-state index contributed by atoms with van der Waals surface area (Å²) in [6.07, 6.45) is 6.86. The molecular weight excluding hydrogens is 264 g/mol. The van der Waals surface area contributed by atoms with Gasteiger partial charge in [-0.1, -0.05) is 6.42 Å². The third-order valence-corrected chi connectivity index (χ3v) is 5.66. The molecule has 1 aliphatic carbocycles. The second-order valence-electron chi connectivity index (χ2n) is 5.88. The molecule has 1 unspecified atom stereocenters. The number of piperidine rings is 1. The van der Waals surface area contributed by atoms with Crippen LogP contribution in [-0.4, -0.2) is 44.0 Å². The lowest BCUT2D eigenvalue weighted by Gasteiger charge is -2.27. The first-order valence-electron chi connectivity index (χ1n) is 7.46. The molecule has 0 spiro atoms. The molecule has 2 fully saturated rings. The Balaban J connectivity index is 1.72. The Hall–Kier alpha value is -0.170. The highest BCUT2D eigenvalue weighted by atomic mass is 32.2. The van der Waals surface area contributed by atoms with Crippen LogP contribution in [0.1, 0.15) is 51.4 Å². The Kier molecular flexibility index (Phi) is 5.62. The van der Waals surface area contributed by atoms with Gasteiger partial charge in [-0.05, 0) is 51.5 Å². The van der Waals surface area contributed by atoms with E-state index in [9.17, 15) is 13.5 Å². The van der Waals surface area contributed by atoms with Crippen LogP contribution in [0.2, 0.25) is 0 Å². The highest BCUT2D eigenvalue weighted by Gasteiger charge is 2.24. The predicted molar refractivity (Wildman–Crippen MR) is 75.4 cm³/mol. The molecule has 0 aromatic heterocycles. The molecule has 2 aliphatic rings. The molecule has 6 heteroatoms. The largest absolute Gasteiger partial charge is 0.393 e. The maximum Gasteiger partial charge on any atom is 0.211 e. The van der Waals surface area contributed by atoms with Crippen LogP contribution in [0.5, 0.6) is 0 Å². The maximum absolute atomic E-state index is 12.0. The molecular formula is C13H26N2O3S. The van der Waals surface area contributed by atoms with E-state index in [2.05, 4.69) is 10.0 Å². The van der Waals surface area contributed by atoms with Gasteiger partial charge in [-0.15, -0.1) is 0 Å². The summed E-state index contributed by atoms with van der Waals surface area (Å²) in [5, 5.41) is 12.8. The van der Waals surface area contributed by atoms with E-state index < -0.39 is 10.0 Å². The Morgan fingerprint density at radius 2 is 1.84 bits per heavy atom. The summed E-state index contributed by atoms with van der Waals surface area (Å²) in [6, 6.07) is 0.381. The SMILES string of the molecule is O=S(=O)(CCC1CCCCN1)NC1CCC(O)CC1. The van der Waals surface area contributed by atoms with Crippen LogP contribution >= 0.6 is 0 Å². The fourth-order valence-corrected chi connectivity index (χ4v) is 4.43. The van der Waals surface area contributed by atoms with Crippen LogP contribution in [0.4, 0.5) is 0 Å². The average molecular weight is 290 g/mol. The van der Waals surface area contributed by atoms with Crippen LogP contribution in [-0.2, 0) is 10.0 Å². The van der Waals surface area contributed by atoms with E-state index in [0.717, 1.165) is 25.8 Å². The number of nitrogens with one attached hydrogen (secondary N) is 2. The molecule has 1 atom stereocenters. The van der Waals surface area contributed by atoms with Gasteiger partial charge in [0.15, 0.2) is 0 Å². The van der Waals surface area contributed by atoms with Crippen LogP contribution in [0.15, 0.2) is 0 Å². The second kappa shape index (κ2) is 7.02. The smallest absolute Gasteiger partial charge is 0.211 e. The molecule has 1 heterocycles. The maximum atomic E-state index is 12.0. The average Bonchev–Trinajstić information content (AvgIpc) is 2.40. The zero-order valence-corrected chi connectivity index (χ0v) is 12.3. The van der Waals surface area contributed by atoms with Crippen molar-refractivity contribution in [3.05, 3.63) is 0 Å². The summed E-state index contributed by atoms with van der Waals surface area (Å²) in [5.74, 6) is 0.212. The van der Waals surface area contributed by atoms with Gasteiger partial charge in [0.05, 0.1) is 11.9 Å². The molecule has 0 bridgehead atoms. The standard InChI is InChI=1S/C13H26N2O3S/c16-13-6-4-12(5-7-13)15-19(17,18)10-8-11-3-1-2-9-14-11/h11-16H,1-10H2. The van der Waals surface area contributed by atoms with Gasteiger partial charge in [-0.2, -0.15) is 0 Å². The molecule has 0 radical (unpaired) electrons. The van der Waals surface area contributed by atoms with Crippen molar-refractivity contribution in [3.8, 4) is 0 Å². The van der Waals surface area contributed by atoms with Crippen molar-refractivity contribution < 1.29 is 13.5 Å². The van der Waals surface area contributed by atoms with Crippen molar-refractivity contribution >= 4 is 10.0 Å². The van der Waals surface area contributed by atoms with Gasteiger partial charge in [0.1, 0.15) is 0 Å². The molecule has 5 nitrogen and oxygen atoms in total. The summed E-state index contributed by atoms with van der Waals surface area (Å²) >= 11 is 0. The van der Waals surface area contributed by atoms with Crippen LogP contribution in [0, 0.1) is 0 Å². The summed E-state index contributed by atoms with van der Waals surface area (Å²) < 4.78 is 26.8. The van der Waals surface area contributed by atoms with E-state index in [-0.39, 0.29) is 17.9 Å². The van der Waals surface area contributed by atoms with E-state index >= 15 is 0 Å². The minimum atomic E-state index is -3.17. The number of aliphatic hydroxyl groups excluding tert-OH is 1. The first kappa shape index (κ1) is 15.2. The molecule has 1 aliphatic heterocycles. The summed E-state index contributed by atoms with van der Waals surface area (Å²) in [4.78, 5) is 0. The van der Waals surface area contributed by atoms with E-state index in [0.29, 0.717) is 25.3 Å². The molecule has 2 rings (SSSR count). The van der Waals surface area contributed by atoms with E-state index in [1.807, 2.05) is 0 Å². The molecule has 1 saturated heterocycles. The van der Waals surface area contributed by atoms with E-state index in [1.54, 1.807) is 0 Å². The summed E-state index contributed by atoms with van der Waals surface area (Å²) in [5.41, 5.74) is 0. The lowest BCUT2D eigenvalue weighted by molar-refractivity contribution is 0.120. The Morgan fingerprint density at radius 1 is 1.11 bits per heavy atom. The van der Waals surface area contributed by atoms with E-state index in [1.165, 1.54) is 12.8 Å². The third-order valence-electron chi connectivity index (χ3n) is 4.19. The molecule has 1 saturated carbocycles. The first-order chi connectivity index (χ1) is 9.05. The minimum Gasteiger partial charge on any atom is -0.393 e. The van der Waals surface area contributed by atoms with Gasteiger partial charge in [0, 0.05) is 12.1 Å². The molecule has 0 amide bonds. The topological polar surface area (TPSA) is 78.4 Å². The Morgan fingerprint density at radius 3 is 2.47 bits per heavy atom. The van der Waals surface area contributed by atoms with Crippen molar-refractivity contribution in [3.63, 3.8) is 0 Å². The first-order valence-corrected chi connectivity index (χ1v) is 9.12. The zero-order valence-electron chi connectivity index (χ0n) is 11.5. The number of sulfonamides is 1. The second-order valence-corrected chi connectivity index (χ2v) is 7.75. The van der Waals surface area contributed by atoms with Gasteiger partial charge in [-0.3, -0.25) is 0 Å². The third kappa shape index (κ3) is 5.38. The van der Waals surface area contributed by atoms with Crippen molar-refractivity contribution in [1.82, 2.24) is 10.0 Å². The Bertz CT molecular complexity index is 358. The van der Waals surface area contributed by atoms with Crippen LogP contribution < -0.4 is 10.0 Å². The van der Waals surface area contributed by atoms with Crippen molar-refractivity contribution in [2.24, 2.45) is 0 Å². The molecule has 112 valence electrons. The molecule has 3 N–H and O–H groups in total. The van der Waals surface area contributed by atoms with Gasteiger partial charge >= 0.3 is 0 Å². The zero-order chi connectivity index (χ0) is 13.7. The Labute approximate surface area is 116 Å². The van der Waals surface area contributed by atoms with E-state index in [4.69, 9.17) is 0 Å². The summed E-state index contributed by atoms with van der Waals surface area (Å²) in [6.45, 7) is 1.01. The fraction of sp³-hybridized carbons (Fsp3) is 1.00. The van der Waals surface area contributed by atoms with Crippen LogP contribution in [0.25, 0.3) is 0 Å². The lowest BCUT2D eigenvalue weighted by atomic mass is 9.94. The highest BCUT2D eigenvalue weighted by Crippen LogP contribution is 2.19. The minimum absolute atomic E-state index is 0.0210. The number of hydrogen-bond acceptors (Lipinski definition) is 4. The summed E-state index contributed by atoms with van der Waals surface area (Å²) in [7, 11) is -3.17. The quantitative estimate of drug-likeness (QED) is 0.698. The van der Waals surface area contributed by atoms with Crippen molar-refractivity contribution in [2.45, 2.75) is 69.6 Å². The number of hydrogen-bond donors (Lipinski definition) is 3. The highest BCUT2D eigenvalue weighted by molar-refractivity contribution is 7.89. The van der Waals surface area contributed by atoms with Gasteiger partial charge < -0.3 is 10.4 Å². The monoisotopic (exact) mass is 290 g/mol. The van der Waals surface area contributed by atoms with Gasteiger partial charge in [-0.25, -0.2) is 13.1 Å². The lowest BCUT2D eigenvalue weighted by Crippen LogP contribution is -2.41. The van der Waals surface area contributed by atoms with Gasteiger partial charge in [0.25, 0.3) is 0 Å². The van der Waals surface area contributed by atoms with Crippen LogP contribution in [0.3, 0.4) is 0 Å². The number of aliphatic hydroxyl groups is 1. The van der Waals surface area contributed by atoms with Crippen molar-refractivity contribution in [1.29, 1.82) is 0 Å². The van der Waals surface area contributed by atoms with Gasteiger partial charge in [0.2, 0.25) is 10.0 Å². The number of rotatable bonds is 5. The normalized spacial score (nSPS) is 33.2. The van der Waals surface area contributed by atoms with Crippen molar-refractivity contribution in [2.75, 3.05) is 12.3 Å². The fourth-order valence-electron chi connectivity index (χ4n) is 2.97. The predicted octanol–water partition coefficient (Wildman–Crippen LogP) is 0.742. The molecule has 0 aromatic carbocycles. The molecule has 19 heavy (non-hydrogen) atoms. The molecule has 0 aromatic rings.